The molecule has 4 heterocycles. The molecule has 0 radical (unpaired) electrons. The van der Waals surface area contributed by atoms with Crippen LogP contribution in [0.1, 0.15) is 36.4 Å². The second kappa shape index (κ2) is 13.3. The van der Waals surface area contributed by atoms with Gasteiger partial charge in [0.05, 0.1) is 33.2 Å². The van der Waals surface area contributed by atoms with Crippen LogP contribution in [0, 0.1) is 5.92 Å². The van der Waals surface area contributed by atoms with Crippen LogP contribution in [-0.4, -0.2) is 75.4 Å². The normalized spacial score (nSPS) is 16.9. The van der Waals surface area contributed by atoms with E-state index in [-0.39, 0.29) is 47.0 Å². The number of nitrogen functional groups attached to an aromatic ring is 1. The Hall–Kier alpha value is -4.52. The quantitative estimate of drug-likeness (QED) is 0.275. The topological polar surface area (TPSA) is 121 Å². The Morgan fingerprint density at radius 2 is 1.66 bits per heavy atom. The molecule has 2 aliphatic rings. The van der Waals surface area contributed by atoms with Gasteiger partial charge in [-0.25, -0.2) is 4.79 Å². The van der Waals surface area contributed by atoms with Crippen molar-refractivity contribution in [2.75, 3.05) is 49.9 Å². The maximum Gasteiger partial charge on any atom is 0.418 e. The van der Waals surface area contributed by atoms with E-state index in [0.717, 1.165) is 22.8 Å². The Morgan fingerprint density at radius 3 is 2.34 bits per heavy atom. The molecule has 0 bridgehead atoms. The van der Waals surface area contributed by atoms with Crippen molar-refractivity contribution in [3.63, 3.8) is 0 Å². The van der Waals surface area contributed by atoms with Gasteiger partial charge in [-0.15, -0.1) is 0 Å². The standard InChI is InChI=1S/C33H35ClF3N7O3/c34-26-19-21(18-25(30(26)38)33(35,36)37)17-22(31(46)43-15-13-41(14-16-43)23-5-9-39-10-6-23)20-29(45)42-11-7-24(8-12-42)44-28-4-2-1-3-27(28)40-32(44)47/h1-6,9-10,18-19,22,24H,7-8,11-17,20,38H2,(H,40,47)/t22-/m0/s1. The number of piperidine rings is 1. The molecule has 3 N–H and O–H groups in total. The summed E-state index contributed by atoms with van der Waals surface area (Å²) in [7, 11) is 0. The lowest BCUT2D eigenvalue weighted by molar-refractivity contribution is -0.142. The van der Waals surface area contributed by atoms with Crippen molar-refractivity contribution in [3.05, 3.63) is 87.6 Å². The number of benzene rings is 2. The van der Waals surface area contributed by atoms with E-state index >= 15 is 0 Å². The number of amides is 2. The number of aromatic amines is 1. The first kappa shape index (κ1) is 32.4. The van der Waals surface area contributed by atoms with Crippen molar-refractivity contribution in [3.8, 4) is 0 Å². The molecule has 6 rings (SSSR count). The van der Waals surface area contributed by atoms with Crippen molar-refractivity contribution >= 4 is 45.8 Å². The summed E-state index contributed by atoms with van der Waals surface area (Å²) in [6.07, 6.45) is -0.535. The highest BCUT2D eigenvalue weighted by atomic mass is 35.5. The van der Waals surface area contributed by atoms with Gasteiger partial charge >= 0.3 is 11.9 Å². The zero-order valence-electron chi connectivity index (χ0n) is 25.5. The summed E-state index contributed by atoms with van der Waals surface area (Å²) >= 11 is 6.11. The Bertz CT molecular complexity index is 1810. The number of nitrogens with two attached hydrogens (primary N) is 1. The fourth-order valence-corrected chi connectivity index (χ4v) is 6.95. The van der Waals surface area contributed by atoms with Crippen molar-refractivity contribution in [2.24, 2.45) is 5.92 Å². The number of para-hydroxylation sites is 2. The maximum atomic E-state index is 14.0. The fourth-order valence-electron chi connectivity index (χ4n) is 6.71. The zero-order chi connectivity index (χ0) is 33.3. The molecule has 2 aromatic carbocycles. The van der Waals surface area contributed by atoms with E-state index < -0.39 is 23.3 Å². The van der Waals surface area contributed by atoms with E-state index in [4.69, 9.17) is 17.3 Å². The molecule has 2 fully saturated rings. The largest absolute Gasteiger partial charge is 0.418 e. The van der Waals surface area contributed by atoms with Crippen molar-refractivity contribution in [1.29, 1.82) is 0 Å². The van der Waals surface area contributed by atoms with Crippen LogP contribution >= 0.6 is 11.6 Å². The summed E-state index contributed by atoms with van der Waals surface area (Å²) in [5.41, 5.74) is 6.50. The van der Waals surface area contributed by atoms with Crippen LogP contribution in [0.15, 0.2) is 65.7 Å². The number of nitrogens with one attached hydrogen (secondary N) is 1. The Kier molecular flexibility index (Phi) is 9.18. The molecule has 14 heteroatoms. The van der Waals surface area contributed by atoms with Crippen LogP contribution < -0.4 is 16.3 Å². The van der Waals surface area contributed by atoms with E-state index in [1.54, 1.807) is 26.8 Å². The number of carbonyl (C=O) groups excluding carboxylic acids is 2. The van der Waals surface area contributed by atoms with E-state index in [0.29, 0.717) is 52.1 Å². The monoisotopic (exact) mass is 669 g/mol. The number of piperazine rings is 1. The Morgan fingerprint density at radius 1 is 0.979 bits per heavy atom. The molecule has 47 heavy (non-hydrogen) atoms. The first-order valence-corrected chi connectivity index (χ1v) is 15.9. The number of aromatic nitrogens is 3. The summed E-state index contributed by atoms with van der Waals surface area (Å²) in [5, 5.41) is -0.257. The summed E-state index contributed by atoms with van der Waals surface area (Å²) < 4.78 is 43.0. The molecular weight excluding hydrogens is 635 g/mol. The average Bonchev–Trinajstić information content (AvgIpc) is 3.41. The number of anilines is 2. The predicted molar refractivity (Wildman–Crippen MR) is 173 cm³/mol. The molecule has 0 spiro atoms. The van der Waals surface area contributed by atoms with Gasteiger partial charge in [-0.2, -0.15) is 13.2 Å². The third kappa shape index (κ3) is 6.95. The van der Waals surface area contributed by atoms with Gasteiger partial charge < -0.3 is 25.4 Å². The lowest BCUT2D eigenvalue weighted by Gasteiger charge is -2.38. The number of carbonyl (C=O) groups is 2. The van der Waals surface area contributed by atoms with E-state index in [2.05, 4.69) is 14.9 Å². The summed E-state index contributed by atoms with van der Waals surface area (Å²) in [5.74, 6) is -1.47. The second-order valence-electron chi connectivity index (χ2n) is 12.1. The fraction of sp³-hybridized carbons (Fsp3) is 0.394. The molecule has 2 amide bonds. The van der Waals surface area contributed by atoms with Crippen LogP contribution in [0.3, 0.4) is 0 Å². The summed E-state index contributed by atoms with van der Waals surface area (Å²) in [6.45, 7) is 2.67. The van der Waals surface area contributed by atoms with E-state index in [1.807, 2.05) is 36.4 Å². The minimum Gasteiger partial charge on any atom is -0.397 e. The van der Waals surface area contributed by atoms with E-state index in [1.165, 1.54) is 6.07 Å². The average molecular weight is 670 g/mol. The number of nitrogens with zero attached hydrogens (tertiary/aromatic N) is 5. The van der Waals surface area contributed by atoms with Gasteiger partial charge in [0.1, 0.15) is 0 Å². The van der Waals surface area contributed by atoms with E-state index in [9.17, 15) is 27.6 Å². The third-order valence-corrected chi connectivity index (χ3v) is 9.49. The highest BCUT2D eigenvalue weighted by Crippen LogP contribution is 2.38. The van der Waals surface area contributed by atoms with Gasteiger partial charge in [0, 0.05) is 69.8 Å². The number of imidazole rings is 1. The molecule has 2 saturated heterocycles. The first-order chi connectivity index (χ1) is 22.5. The van der Waals surface area contributed by atoms with Crippen molar-refractivity contribution < 1.29 is 22.8 Å². The minimum absolute atomic E-state index is 0.102. The van der Waals surface area contributed by atoms with Gasteiger partial charge in [-0.1, -0.05) is 23.7 Å². The molecule has 4 aromatic rings. The number of hydrogen-bond donors (Lipinski definition) is 2. The molecule has 10 nitrogen and oxygen atoms in total. The molecule has 1 atom stereocenters. The van der Waals surface area contributed by atoms with Gasteiger partial charge in [0.25, 0.3) is 0 Å². The number of alkyl halides is 3. The smallest absolute Gasteiger partial charge is 0.397 e. The Balaban J connectivity index is 1.18. The molecule has 2 aromatic heterocycles. The maximum absolute atomic E-state index is 14.0. The SMILES string of the molecule is Nc1c(Cl)cc(C[C@@H](CC(=O)N2CCC(n3c(=O)[nH]c4ccccc43)CC2)C(=O)N2CCN(c3ccncc3)CC2)cc1C(F)(F)F. The summed E-state index contributed by atoms with van der Waals surface area (Å²) in [6, 6.07) is 13.4. The third-order valence-electron chi connectivity index (χ3n) is 9.17. The number of fused-ring (bicyclic) bond motifs is 1. The lowest BCUT2D eigenvalue weighted by Crippen LogP contribution is -2.51. The van der Waals surface area contributed by atoms with Crippen molar-refractivity contribution in [1.82, 2.24) is 24.3 Å². The predicted octanol–water partition coefficient (Wildman–Crippen LogP) is 4.74. The van der Waals surface area contributed by atoms with Crippen LogP contribution in [0.2, 0.25) is 5.02 Å². The number of rotatable bonds is 7. The number of H-pyrrole nitrogens is 1. The Labute approximate surface area is 273 Å². The van der Waals surface area contributed by atoms with Gasteiger partial charge in [-0.05, 0) is 61.2 Å². The van der Waals surface area contributed by atoms with Gasteiger partial charge in [0.15, 0.2) is 0 Å². The van der Waals surface area contributed by atoms with Gasteiger partial charge in [0.2, 0.25) is 11.8 Å². The molecule has 0 unspecified atom stereocenters. The molecular formula is C33H35ClF3N7O3. The van der Waals surface area contributed by atoms with Crippen LogP contribution in [0.25, 0.3) is 11.0 Å². The zero-order valence-corrected chi connectivity index (χ0v) is 26.3. The number of halogens is 4. The highest BCUT2D eigenvalue weighted by Gasteiger charge is 2.36. The molecule has 248 valence electrons. The van der Waals surface area contributed by atoms with Crippen molar-refractivity contribution in [2.45, 2.75) is 37.9 Å². The minimum atomic E-state index is -4.74. The highest BCUT2D eigenvalue weighted by molar-refractivity contribution is 6.33. The lowest BCUT2D eigenvalue weighted by atomic mass is 9.92. The molecule has 0 saturated carbocycles. The number of pyridine rings is 1. The second-order valence-corrected chi connectivity index (χ2v) is 12.5. The number of likely N-dealkylation sites (tertiary alicyclic amines) is 1. The van der Waals surface area contributed by atoms with Gasteiger partial charge in [-0.3, -0.25) is 19.1 Å². The number of hydrogen-bond acceptors (Lipinski definition) is 6. The molecule has 0 aliphatic carbocycles. The first-order valence-electron chi connectivity index (χ1n) is 15.6. The van der Waals surface area contributed by atoms with Crippen LogP contribution in [0.5, 0.6) is 0 Å². The molecule has 2 aliphatic heterocycles. The van der Waals surface area contributed by atoms with Crippen LogP contribution in [0.4, 0.5) is 24.5 Å². The van der Waals surface area contributed by atoms with Crippen LogP contribution in [-0.2, 0) is 22.2 Å². The summed E-state index contributed by atoms with van der Waals surface area (Å²) in [4.78, 5) is 52.8.